The van der Waals surface area contributed by atoms with Crippen molar-refractivity contribution >= 4 is 29.1 Å². The fourth-order valence-corrected chi connectivity index (χ4v) is 4.82. The number of carbonyl (C=O) groups is 2. The number of hydrogen-bond acceptors (Lipinski definition) is 5. The van der Waals surface area contributed by atoms with Gasteiger partial charge in [-0.1, -0.05) is 23.7 Å². The second-order valence-corrected chi connectivity index (χ2v) is 10.1. The predicted molar refractivity (Wildman–Crippen MR) is 143 cm³/mol. The normalized spacial score (nSPS) is 15.7. The molecular weight excluding hydrogens is 509 g/mol. The summed E-state index contributed by atoms with van der Waals surface area (Å²) < 4.78 is 24.8. The van der Waals surface area contributed by atoms with E-state index in [1.54, 1.807) is 25.3 Å². The highest BCUT2D eigenvalue weighted by Crippen LogP contribution is 2.34. The minimum Gasteiger partial charge on any atom is -0.493 e. The molecule has 1 N–H and O–H groups in total. The average Bonchev–Trinajstić information content (AvgIpc) is 3.78. The van der Waals surface area contributed by atoms with Crippen molar-refractivity contribution in [2.45, 2.75) is 31.6 Å². The third kappa shape index (κ3) is 6.07. The average molecular weight is 538 g/mol. The van der Waals surface area contributed by atoms with E-state index in [1.165, 1.54) is 12.8 Å². The molecule has 0 spiro atoms. The third-order valence-corrected chi connectivity index (χ3v) is 7.36. The van der Waals surface area contributed by atoms with Gasteiger partial charge in [0, 0.05) is 24.3 Å². The maximum atomic E-state index is 13.5. The molecule has 0 atom stereocenters. The van der Waals surface area contributed by atoms with Crippen LogP contribution in [0.25, 0.3) is 0 Å². The minimum atomic E-state index is -0.630. The van der Waals surface area contributed by atoms with Crippen LogP contribution in [0.15, 0.2) is 54.7 Å². The number of aromatic nitrogens is 1. The number of pyridine rings is 1. The van der Waals surface area contributed by atoms with E-state index in [2.05, 4.69) is 10.3 Å². The number of anilines is 1. The molecule has 1 aliphatic carbocycles. The Bertz CT molecular complexity index is 1320. The molecule has 38 heavy (non-hydrogen) atoms. The third-order valence-electron chi connectivity index (χ3n) is 7.05. The van der Waals surface area contributed by atoms with Gasteiger partial charge in [-0.25, -0.2) is 9.37 Å². The van der Waals surface area contributed by atoms with Crippen LogP contribution in [-0.4, -0.2) is 48.5 Å². The molecule has 1 saturated heterocycles. The lowest BCUT2D eigenvalue weighted by atomic mass is 9.89. The lowest BCUT2D eigenvalue weighted by Crippen LogP contribution is -2.37. The summed E-state index contributed by atoms with van der Waals surface area (Å²) in [4.78, 5) is 31.2. The topological polar surface area (TPSA) is 80.8 Å². The maximum absolute atomic E-state index is 13.5. The first-order chi connectivity index (χ1) is 18.4. The molecule has 3 aromatic rings. The van der Waals surface area contributed by atoms with Crippen molar-refractivity contribution in [2.24, 2.45) is 5.92 Å². The van der Waals surface area contributed by atoms with Crippen LogP contribution in [0.4, 0.5) is 10.1 Å². The number of ether oxygens (including phenoxy) is 2. The zero-order valence-electron chi connectivity index (χ0n) is 21.1. The zero-order chi connectivity index (χ0) is 26.6. The largest absolute Gasteiger partial charge is 0.493 e. The minimum absolute atomic E-state index is 0.00839. The molecule has 1 saturated carbocycles. The van der Waals surface area contributed by atoms with E-state index in [9.17, 15) is 14.0 Å². The summed E-state index contributed by atoms with van der Waals surface area (Å²) >= 11 is 5.93. The van der Waals surface area contributed by atoms with Crippen LogP contribution in [0.5, 0.6) is 11.5 Å². The molecule has 0 unspecified atom stereocenters. The Morgan fingerprint density at radius 2 is 1.79 bits per heavy atom. The van der Waals surface area contributed by atoms with Gasteiger partial charge in [0.25, 0.3) is 11.8 Å². The molecule has 0 radical (unpaired) electrons. The van der Waals surface area contributed by atoms with Gasteiger partial charge in [0.05, 0.1) is 25.5 Å². The van der Waals surface area contributed by atoms with E-state index in [0.29, 0.717) is 54.3 Å². The number of hydrogen-bond donors (Lipinski definition) is 1. The summed E-state index contributed by atoms with van der Waals surface area (Å²) in [5.74, 6) is 0.993. The Hall–Kier alpha value is -3.65. The van der Waals surface area contributed by atoms with Gasteiger partial charge in [-0.05, 0) is 79.5 Å². The highest BCUT2D eigenvalue weighted by Gasteiger charge is 2.26. The van der Waals surface area contributed by atoms with Crippen LogP contribution in [0.3, 0.4) is 0 Å². The van der Waals surface area contributed by atoms with Crippen LogP contribution < -0.4 is 14.8 Å². The van der Waals surface area contributed by atoms with Crippen molar-refractivity contribution in [3.63, 3.8) is 0 Å². The van der Waals surface area contributed by atoms with Gasteiger partial charge in [0.2, 0.25) is 0 Å². The quantitative estimate of drug-likeness (QED) is 0.359. The van der Waals surface area contributed by atoms with E-state index < -0.39 is 11.7 Å². The van der Waals surface area contributed by atoms with Crippen LogP contribution in [-0.2, 0) is 0 Å². The Kier molecular flexibility index (Phi) is 7.79. The lowest BCUT2D eigenvalue weighted by Gasteiger charge is -2.32. The van der Waals surface area contributed by atoms with Crippen LogP contribution in [0, 0.1) is 11.7 Å². The van der Waals surface area contributed by atoms with Crippen molar-refractivity contribution in [3.05, 3.63) is 82.4 Å². The number of rotatable bonds is 8. The van der Waals surface area contributed by atoms with E-state index in [0.717, 1.165) is 30.7 Å². The molecule has 198 valence electrons. The lowest BCUT2D eigenvalue weighted by molar-refractivity contribution is 0.0712. The number of nitrogens with zero attached hydrogens (tertiary/aromatic N) is 2. The van der Waals surface area contributed by atoms with E-state index >= 15 is 0 Å². The van der Waals surface area contributed by atoms with Crippen molar-refractivity contribution in [1.82, 2.24) is 9.88 Å². The standard InChI is InChI=1S/C29H29ClFN3O4/c1-37-25-9-6-21(14-26(25)38-17-18-2-3-18)29(36)34-12-10-20(11-13-34)19-4-7-23(8-5-19)33-28(35)24-15-22(31)16-32-27(24)30/h4-9,14-16,18,20H,2-3,10-13,17H2,1H3,(H,33,35). The smallest absolute Gasteiger partial charge is 0.258 e. The predicted octanol–water partition coefficient (Wildman–Crippen LogP) is 5.94. The van der Waals surface area contributed by atoms with Crippen LogP contribution >= 0.6 is 11.6 Å². The number of piperidine rings is 1. The Morgan fingerprint density at radius 1 is 1.05 bits per heavy atom. The first-order valence-electron chi connectivity index (χ1n) is 12.7. The molecule has 2 fully saturated rings. The number of nitrogens with one attached hydrogen (secondary N) is 1. The van der Waals surface area contributed by atoms with Gasteiger partial charge >= 0.3 is 0 Å². The summed E-state index contributed by atoms with van der Waals surface area (Å²) in [6.45, 7) is 1.95. The van der Waals surface area contributed by atoms with Crippen molar-refractivity contribution in [2.75, 3.05) is 32.1 Å². The van der Waals surface area contributed by atoms with Crippen molar-refractivity contribution in [3.8, 4) is 11.5 Å². The molecule has 0 bridgehead atoms. The monoisotopic (exact) mass is 537 g/mol. The highest BCUT2D eigenvalue weighted by atomic mass is 35.5. The number of likely N-dealkylation sites (tertiary alicyclic amines) is 1. The molecule has 2 aromatic carbocycles. The van der Waals surface area contributed by atoms with E-state index in [1.807, 2.05) is 29.2 Å². The number of halogens is 2. The fraction of sp³-hybridized carbons (Fsp3) is 0.345. The van der Waals surface area contributed by atoms with Crippen LogP contribution in [0.2, 0.25) is 5.15 Å². The first kappa shape index (κ1) is 26.0. The molecule has 5 rings (SSSR count). The number of benzene rings is 2. The van der Waals surface area contributed by atoms with Gasteiger partial charge < -0.3 is 19.7 Å². The Morgan fingerprint density at radius 3 is 2.47 bits per heavy atom. The zero-order valence-corrected chi connectivity index (χ0v) is 21.8. The van der Waals surface area contributed by atoms with Crippen molar-refractivity contribution in [1.29, 1.82) is 0 Å². The van der Waals surface area contributed by atoms with Gasteiger partial charge in [0.1, 0.15) is 11.0 Å². The molecular formula is C29H29ClFN3O4. The van der Waals surface area contributed by atoms with Gasteiger partial charge in [-0.15, -0.1) is 0 Å². The second-order valence-electron chi connectivity index (χ2n) is 9.75. The Labute approximate surface area is 225 Å². The van der Waals surface area contributed by atoms with E-state index in [-0.39, 0.29) is 16.6 Å². The van der Waals surface area contributed by atoms with Gasteiger partial charge in [0.15, 0.2) is 11.5 Å². The summed E-state index contributed by atoms with van der Waals surface area (Å²) in [5, 5.41) is 2.67. The second kappa shape index (κ2) is 11.4. The maximum Gasteiger partial charge on any atom is 0.258 e. The summed E-state index contributed by atoms with van der Waals surface area (Å²) in [7, 11) is 1.60. The molecule has 2 aliphatic rings. The molecule has 1 aliphatic heterocycles. The van der Waals surface area contributed by atoms with Gasteiger partial charge in [-0.3, -0.25) is 9.59 Å². The summed E-state index contributed by atoms with van der Waals surface area (Å²) in [6, 6.07) is 14.0. The van der Waals surface area contributed by atoms with E-state index in [4.69, 9.17) is 21.1 Å². The fourth-order valence-electron chi connectivity index (χ4n) is 4.63. The molecule has 2 heterocycles. The van der Waals surface area contributed by atoms with Gasteiger partial charge in [-0.2, -0.15) is 0 Å². The van der Waals surface area contributed by atoms with Crippen molar-refractivity contribution < 1.29 is 23.5 Å². The Balaban J connectivity index is 1.17. The number of amides is 2. The number of carbonyl (C=O) groups excluding carboxylic acids is 2. The molecule has 7 nitrogen and oxygen atoms in total. The molecule has 9 heteroatoms. The molecule has 1 aromatic heterocycles. The SMILES string of the molecule is COc1ccc(C(=O)N2CCC(c3ccc(NC(=O)c4cc(F)cnc4Cl)cc3)CC2)cc1OCC1CC1. The number of methoxy groups -OCH3 is 1. The summed E-state index contributed by atoms with van der Waals surface area (Å²) in [6.07, 6.45) is 5.02. The first-order valence-corrected chi connectivity index (χ1v) is 13.1. The highest BCUT2D eigenvalue weighted by molar-refractivity contribution is 6.33. The summed E-state index contributed by atoms with van der Waals surface area (Å²) in [5.41, 5.74) is 2.29. The van der Waals surface area contributed by atoms with Crippen LogP contribution in [0.1, 0.15) is 57.9 Å². The molecule has 2 amide bonds.